The molecule has 0 saturated heterocycles. The first-order valence-electron chi connectivity index (χ1n) is 10.3. The fourth-order valence-electron chi connectivity index (χ4n) is 3.45. The highest BCUT2D eigenvalue weighted by Gasteiger charge is 2.27. The van der Waals surface area contributed by atoms with Crippen LogP contribution in [0.4, 0.5) is 23.1 Å². The number of amides is 1. The van der Waals surface area contributed by atoms with Gasteiger partial charge in [-0.05, 0) is 44.5 Å². The number of carbonyl (C=O) groups excluding carboxylic acids is 2. The molecule has 2 heterocycles. The highest BCUT2D eigenvalue weighted by molar-refractivity contribution is 5.94. The van der Waals surface area contributed by atoms with Crippen LogP contribution in [0.5, 0.6) is 0 Å². The lowest BCUT2D eigenvalue weighted by Crippen LogP contribution is -2.48. The number of nitrogens with zero attached hydrogens (tertiary/aromatic N) is 2. The number of H-pyrrole nitrogens is 1. The Hall–Kier alpha value is -3.56. The summed E-state index contributed by atoms with van der Waals surface area (Å²) in [7, 11) is 1.85. The molecule has 1 amide bonds. The van der Waals surface area contributed by atoms with Crippen molar-refractivity contribution in [3.05, 3.63) is 40.2 Å². The number of fused-ring (bicyclic) bond motifs is 1. The molecule has 166 valence electrons. The van der Waals surface area contributed by atoms with E-state index in [1.165, 1.54) is 0 Å². The molecule has 0 unspecified atom stereocenters. The van der Waals surface area contributed by atoms with Crippen LogP contribution in [-0.2, 0) is 4.79 Å². The summed E-state index contributed by atoms with van der Waals surface area (Å²) >= 11 is 0. The molecule has 0 aliphatic carbocycles. The molecule has 0 saturated carbocycles. The summed E-state index contributed by atoms with van der Waals surface area (Å²) in [5.41, 5.74) is 7.20. The number of aromatic amines is 1. The maximum Gasteiger partial charge on any atom is 0.278 e. The quantitative estimate of drug-likeness (QED) is 0.422. The van der Waals surface area contributed by atoms with Gasteiger partial charge in [0.15, 0.2) is 5.82 Å². The number of nitrogens with two attached hydrogens (primary N) is 1. The van der Waals surface area contributed by atoms with E-state index < -0.39 is 0 Å². The van der Waals surface area contributed by atoms with E-state index in [0.29, 0.717) is 43.0 Å². The minimum atomic E-state index is -0.282. The Morgan fingerprint density at radius 2 is 2.03 bits per heavy atom. The van der Waals surface area contributed by atoms with Gasteiger partial charge in [-0.1, -0.05) is 0 Å². The van der Waals surface area contributed by atoms with Gasteiger partial charge in [0, 0.05) is 43.9 Å². The third-order valence-electron chi connectivity index (χ3n) is 5.31. The summed E-state index contributed by atoms with van der Waals surface area (Å²) in [6, 6.07) is 7.14. The lowest BCUT2D eigenvalue weighted by atomic mass is 10.1. The van der Waals surface area contributed by atoms with E-state index in [9.17, 15) is 14.4 Å². The van der Waals surface area contributed by atoms with Gasteiger partial charge in [0.25, 0.3) is 11.5 Å². The molecule has 1 aromatic carbocycles. The van der Waals surface area contributed by atoms with E-state index in [2.05, 4.69) is 25.9 Å². The van der Waals surface area contributed by atoms with E-state index >= 15 is 0 Å². The van der Waals surface area contributed by atoms with E-state index in [4.69, 9.17) is 5.73 Å². The van der Waals surface area contributed by atoms with Crippen molar-refractivity contribution in [1.82, 2.24) is 15.3 Å². The highest BCUT2D eigenvalue weighted by atomic mass is 16.2. The van der Waals surface area contributed by atoms with Crippen LogP contribution in [0.15, 0.2) is 29.1 Å². The van der Waals surface area contributed by atoms with Gasteiger partial charge >= 0.3 is 0 Å². The molecular weight excluding hydrogens is 398 g/mol. The first-order chi connectivity index (χ1) is 14.7. The second-order valence-electron chi connectivity index (χ2n) is 7.87. The van der Waals surface area contributed by atoms with Crippen LogP contribution in [0.3, 0.4) is 0 Å². The van der Waals surface area contributed by atoms with E-state index in [1.807, 2.05) is 31.0 Å². The van der Waals surface area contributed by atoms with Gasteiger partial charge in [0.1, 0.15) is 11.5 Å². The summed E-state index contributed by atoms with van der Waals surface area (Å²) in [6.45, 7) is 4.62. The molecule has 0 bridgehead atoms. The molecule has 3 rings (SSSR count). The summed E-state index contributed by atoms with van der Waals surface area (Å²) in [4.78, 5) is 44.2. The van der Waals surface area contributed by atoms with E-state index in [-0.39, 0.29) is 35.3 Å². The van der Waals surface area contributed by atoms with Crippen molar-refractivity contribution >= 4 is 34.8 Å². The van der Waals surface area contributed by atoms with Gasteiger partial charge in [-0.3, -0.25) is 14.6 Å². The van der Waals surface area contributed by atoms with Gasteiger partial charge in [0.05, 0.1) is 6.04 Å². The number of rotatable bonds is 8. The number of hydrogen-bond acceptors (Lipinski definition) is 8. The van der Waals surface area contributed by atoms with Crippen molar-refractivity contribution in [2.75, 3.05) is 41.4 Å². The van der Waals surface area contributed by atoms with Crippen molar-refractivity contribution in [3.63, 3.8) is 0 Å². The predicted octanol–water partition coefficient (Wildman–Crippen LogP) is 1.18. The first kappa shape index (κ1) is 22.1. The van der Waals surface area contributed by atoms with Crippen LogP contribution in [0.1, 0.15) is 37.0 Å². The fourth-order valence-corrected chi connectivity index (χ4v) is 3.45. The molecular formula is C21H29N7O3. The summed E-state index contributed by atoms with van der Waals surface area (Å²) in [5.74, 6) is 0.511. The van der Waals surface area contributed by atoms with Gasteiger partial charge < -0.3 is 31.4 Å². The van der Waals surface area contributed by atoms with Crippen LogP contribution in [0, 0.1) is 0 Å². The molecule has 1 aliphatic heterocycles. The van der Waals surface area contributed by atoms with Crippen LogP contribution in [0.25, 0.3) is 0 Å². The topological polar surface area (TPSA) is 145 Å². The largest absolute Gasteiger partial charge is 0.383 e. The summed E-state index contributed by atoms with van der Waals surface area (Å²) < 4.78 is 0. The van der Waals surface area contributed by atoms with E-state index in [0.717, 1.165) is 5.69 Å². The van der Waals surface area contributed by atoms with Crippen molar-refractivity contribution in [2.45, 2.75) is 38.8 Å². The second-order valence-corrected chi connectivity index (χ2v) is 7.87. The molecule has 10 heteroatoms. The number of nitrogen functional groups attached to an aromatic ring is 1. The molecule has 6 N–H and O–H groups in total. The normalized spacial score (nSPS) is 16.1. The van der Waals surface area contributed by atoms with Crippen LogP contribution < -0.4 is 32.1 Å². The maximum atomic E-state index is 12.4. The molecule has 0 radical (unpaired) electrons. The van der Waals surface area contributed by atoms with Crippen molar-refractivity contribution in [1.29, 1.82) is 0 Å². The molecule has 10 nitrogen and oxygen atoms in total. The number of likely N-dealkylation sites (N-methyl/N-ethyl adjacent to an activating group) is 1. The number of benzene rings is 1. The highest BCUT2D eigenvalue weighted by Crippen LogP contribution is 2.25. The molecule has 0 spiro atoms. The maximum absolute atomic E-state index is 12.4. The van der Waals surface area contributed by atoms with Gasteiger partial charge in [-0.2, -0.15) is 4.98 Å². The minimum Gasteiger partial charge on any atom is -0.383 e. The Bertz CT molecular complexity index is 1000. The number of Topliss-reactive ketones (excluding diaryl/α,β-unsaturated/α-hetero) is 1. The van der Waals surface area contributed by atoms with Crippen LogP contribution >= 0.6 is 0 Å². The molecule has 2 aromatic rings. The fraction of sp³-hybridized carbons (Fsp3) is 0.429. The van der Waals surface area contributed by atoms with Crippen molar-refractivity contribution in [2.24, 2.45) is 0 Å². The van der Waals surface area contributed by atoms with Crippen molar-refractivity contribution in [3.8, 4) is 0 Å². The monoisotopic (exact) mass is 427 g/mol. The van der Waals surface area contributed by atoms with Gasteiger partial charge in [-0.25, -0.2) is 0 Å². The number of ketones is 1. The molecule has 1 aliphatic rings. The lowest BCUT2D eigenvalue weighted by Gasteiger charge is -2.35. The Balaban J connectivity index is 1.55. The second kappa shape index (κ2) is 9.50. The zero-order valence-corrected chi connectivity index (χ0v) is 18.0. The minimum absolute atomic E-state index is 0.0177. The number of carbonyl (C=O) groups is 2. The smallest absolute Gasteiger partial charge is 0.278 e. The molecule has 1 aromatic heterocycles. The number of aromatic nitrogens is 2. The van der Waals surface area contributed by atoms with Crippen LogP contribution in [0.2, 0.25) is 0 Å². The van der Waals surface area contributed by atoms with Gasteiger partial charge in [-0.15, -0.1) is 0 Å². The Labute approximate surface area is 180 Å². The Kier molecular flexibility index (Phi) is 6.78. The van der Waals surface area contributed by atoms with Crippen molar-refractivity contribution < 1.29 is 9.59 Å². The van der Waals surface area contributed by atoms with E-state index in [1.54, 1.807) is 19.1 Å². The van der Waals surface area contributed by atoms with Gasteiger partial charge in [0.2, 0.25) is 5.95 Å². The lowest BCUT2D eigenvalue weighted by molar-refractivity contribution is -0.117. The Morgan fingerprint density at radius 1 is 1.32 bits per heavy atom. The third-order valence-corrected chi connectivity index (χ3v) is 5.31. The summed E-state index contributed by atoms with van der Waals surface area (Å²) in [6.07, 6.45) is 1.08. The zero-order chi connectivity index (χ0) is 22.5. The predicted molar refractivity (Wildman–Crippen MR) is 122 cm³/mol. The number of anilines is 4. The SMILES string of the molecule is CC(=O)CC[C@@H](C)NC(=O)c1ccc(NC[C@H]2CNc3nc(N)[nH]c(=O)c3N2C)cc1. The summed E-state index contributed by atoms with van der Waals surface area (Å²) in [5, 5.41) is 9.40. The zero-order valence-electron chi connectivity index (χ0n) is 18.0. The average molecular weight is 428 g/mol. The van der Waals surface area contributed by atoms with Crippen LogP contribution in [-0.4, -0.2) is 53.9 Å². The molecule has 0 fully saturated rings. The standard InChI is InChI=1S/C21H29N7O3/c1-12(4-5-13(2)29)25-19(30)14-6-8-15(9-7-14)23-10-16-11-24-18-17(28(16)3)20(31)27-21(22)26-18/h6-9,12,16,23H,4-5,10-11H2,1-3H3,(H,25,30)(H4,22,24,26,27,31)/t12-,16+/m1/s1. The molecule has 31 heavy (non-hydrogen) atoms. The number of nitrogens with one attached hydrogen (secondary N) is 4. The first-order valence-corrected chi connectivity index (χ1v) is 10.3. The average Bonchev–Trinajstić information content (AvgIpc) is 2.71. The molecule has 2 atom stereocenters. The number of hydrogen-bond donors (Lipinski definition) is 5. The third kappa shape index (κ3) is 5.53. The Morgan fingerprint density at radius 3 is 2.71 bits per heavy atom.